The number of fused-ring (bicyclic) bond motifs is 1. The van der Waals surface area contributed by atoms with Crippen LogP contribution in [0.2, 0.25) is 0 Å². The molecular formula is C19H20N3O2+. The highest BCUT2D eigenvalue weighted by molar-refractivity contribution is 5.96. The van der Waals surface area contributed by atoms with Crippen LogP contribution in [-0.4, -0.2) is 42.0 Å². The number of carbonyl (C=O) groups excluding carboxylic acids is 1. The number of nitrogens with zero attached hydrogens (tertiary/aromatic N) is 2. The molecule has 0 spiro atoms. The molecule has 2 aromatic heterocycles. The Morgan fingerprint density at radius 3 is 2.62 bits per heavy atom. The number of pyridine rings is 1. The van der Waals surface area contributed by atoms with Crippen molar-refractivity contribution in [2.24, 2.45) is 0 Å². The zero-order chi connectivity index (χ0) is 16.4. The Morgan fingerprint density at radius 2 is 1.88 bits per heavy atom. The Labute approximate surface area is 140 Å². The SMILES string of the molecule is O=C(c1cc2ccccc2o1)N1CC[NH+](Cc2ccncc2)CC1. The second-order valence-corrected chi connectivity index (χ2v) is 6.22. The van der Waals surface area contributed by atoms with Crippen LogP contribution in [0.1, 0.15) is 16.1 Å². The standard InChI is InChI=1S/C19H19N3O2/c23-19(18-13-16-3-1-2-4-17(16)24-18)22-11-9-21(10-12-22)14-15-5-7-20-8-6-15/h1-8,13H,9-12,14H2/p+1. The molecule has 3 heterocycles. The van der Waals surface area contributed by atoms with Gasteiger partial charge in [0.1, 0.15) is 12.1 Å². The first kappa shape index (κ1) is 14.9. The van der Waals surface area contributed by atoms with Crippen molar-refractivity contribution in [3.63, 3.8) is 0 Å². The van der Waals surface area contributed by atoms with Crippen LogP contribution in [0.25, 0.3) is 11.0 Å². The Bertz CT molecular complexity index is 803. The molecule has 0 unspecified atom stereocenters. The van der Waals surface area contributed by atoms with Gasteiger partial charge in [0.15, 0.2) is 5.76 Å². The second kappa shape index (κ2) is 6.45. The maximum atomic E-state index is 12.6. The van der Waals surface area contributed by atoms with E-state index < -0.39 is 0 Å². The number of para-hydroxylation sites is 1. The number of hydrogen-bond acceptors (Lipinski definition) is 3. The van der Waals surface area contributed by atoms with Crippen LogP contribution in [0.5, 0.6) is 0 Å². The molecule has 4 rings (SSSR count). The molecule has 1 saturated heterocycles. The van der Waals surface area contributed by atoms with E-state index in [1.807, 2.05) is 47.6 Å². The van der Waals surface area contributed by atoms with Crippen LogP contribution in [0.4, 0.5) is 0 Å². The van der Waals surface area contributed by atoms with E-state index in [0.29, 0.717) is 5.76 Å². The molecule has 0 bridgehead atoms. The van der Waals surface area contributed by atoms with E-state index in [0.717, 1.165) is 43.7 Å². The molecule has 5 nitrogen and oxygen atoms in total. The van der Waals surface area contributed by atoms with Crippen molar-refractivity contribution < 1.29 is 14.1 Å². The van der Waals surface area contributed by atoms with Crippen molar-refractivity contribution in [1.82, 2.24) is 9.88 Å². The summed E-state index contributed by atoms with van der Waals surface area (Å²) in [5, 5.41) is 0.975. The third-order valence-corrected chi connectivity index (χ3v) is 4.60. The Morgan fingerprint density at radius 1 is 1.12 bits per heavy atom. The van der Waals surface area contributed by atoms with Crippen molar-refractivity contribution in [1.29, 1.82) is 0 Å². The summed E-state index contributed by atoms with van der Waals surface area (Å²) in [5.41, 5.74) is 2.06. The van der Waals surface area contributed by atoms with Crippen LogP contribution >= 0.6 is 0 Å². The van der Waals surface area contributed by atoms with Crippen LogP contribution in [0.15, 0.2) is 59.3 Å². The van der Waals surface area contributed by atoms with Crippen LogP contribution < -0.4 is 4.90 Å². The molecule has 0 saturated carbocycles. The molecule has 1 amide bonds. The minimum atomic E-state index is -0.00541. The van der Waals surface area contributed by atoms with Gasteiger partial charge in [-0.05, 0) is 24.3 Å². The summed E-state index contributed by atoms with van der Waals surface area (Å²) in [5.74, 6) is 0.433. The summed E-state index contributed by atoms with van der Waals surface area (Å²) in [6.45, 7) is 4.41. The number of carbonyl (C=O) groups is 1. The van der Waals surface area contributed by atoms with E-state index in [9.17, 15) is 4.79 Å². The molecule has 1 aliphatic rings. The molecular weight excluding hydrogens is 302 g/mol. The minimum Gasteiger partial charge on any atom is -0.451 e. The number of benzene rings is 1. The molecule has 122 valence electrons. The van der Waals surface area contributed by atoms with E-state index in [1.165, 1.54) is 10.5 Å². The Balaban J connectivity index is 1.39. The lowest BCUT2D eigenvalue weighted by molar-refractivity contribution is -0.917. The first-order chi connectivity index (χ1) is 11.8. The number of amides is 1. The van der Waals surface area contributed by atoms with Crippen LogP contribution in [0.3, 0.4) is 0 Å². The minimum absolute atomic E-state index is 0.00541. The Hall–Kier alpha value is -2.66. The highest BCUT2D eigenvalue weighted by Crippen LogP contribution is 2.20. The number of piperazine rings is 1. The lowest BCUT2D eigenvalue weighted by Gasteiger charge is -2.31. The van der Waals surface area contributed by atoms with E-state index in [-0.39, 0.29) is 5.91 Å². The fraction of sp³-hybridized carbons (Fsp3) is 0.263. The van der Waals surface area contributed by atoms with Crippen molar-refractivity contribution in [3.8, 4) is 0 Å². The van der Waals surface area contributed by atoms with Crippen LogP contribution in [-0.2, 0) is 6.54 Å². The van der Waals surface area contributed by atoms with Gasteiger partial charge in [-0.25, -0.2) is 0 Å². The van der Waals surface area contributed by atoms with Crippen LogP contribution in [0, 0.1) is 0 Å². The number of hydrogen-bond donors (Lipinski definition) is 1. The van der Waals surface area contributed by atoms with Gasteiger partial charge in [-0.3, -0.25) is 9.78 Å². The van der Waals surface area contributed by atoms with Crippen molar-refractivity contribution in [2.45, 2.75) is 6.54 Å². The number of quaternary nitrogens is 1. The smallest absolute Gasteiger partial charge is 0.290 e. The number of rotatable bonds is 3. The maximum Gasteiger partial charge on any atom is 0.290 e. The maximum absolute atomic E-state index is 12.6. The monoisotopic (exact) mass is 322 g/mol. The van der Waals surface area contributed by atoms with Crippen molar-refractivity contribution in [3.05, 3.63) is 66.2 Å². The first-order valence-electron chi connectivity index (χ1n) is 8.30. The first-order valence-corrected chi connectivity index (χ1v) is 8.30. The normalized spacial score (nSPS) is 15.8. The zero-order valence-electron chi connectivity index (χ0n) is 13.4. The van der Waals surface area contributed by atoms with Gasteiger partial charge in [-0.1, -0.05) is 18.2 Å². The lowest BCUT2D eigenvalue weighted by Crippen LogP contribution is -3.13. The van der Waals surface area contributed by atoms with Gasteiger partial charge in [-0.2, -0.15) is 0 Å². The van der Waals surface area contributed by atoms with Crippen molar-refractivity contribution in [2.75, 3.05) is 26.2 Å². The highest BCUT2D eigenvalue weighted by Gasteiger charge is 2.26. The zero-order valence-corrected chi connectivity index (χ0v) is 13.4. The third kappa shape index (κ3) is 3.03. The molecule has 1 aliphatic heterocycles. The molecule has 0 radical (unpaired) electrons. The molecule has 1 aromatic carbocycles. The van der Waals surface area contributed by atoms with Crippen molar-refractivity contribution >= 4 is 16.9 Å². The van der Waals surface area contributed by atoms with E-state index in [2.05, 4.69) is 17.1 Å². The van der Waals surface area contributed by atoms with Gasteiger partial charge in [0.2, 0.25) is 0 Å². The number of aromatic nitrogens is 1. The average Bonchev–Trinajstić information content (AvgIpc) is 3.07. The van der Waals surface area contributed by atoms with Gasteiger partial charge < -0.3 is 14.2 Å². The molecule has 3 aromatic rings. The quantitative estimate of drug-likeness (QED) is 0.792. The number of nitrogens with one attached hydrogen (secondary N) is 1. The molecule has 24 heavy (non-hydrogen) atoms. The van der Waals surface area contributed by atoms with Gasteiger partial charge in [0.25, 0.3) is 5.91 Å². The molecule has 0 atom stereocenters. The van der Waals surface area contributed by atoms with E-state index >= 15 is 0 Å². The summed E-state index contributed by atoms with van der Waals surface area (Å²) in [4.78, 5) is 20.1. The van der Waals surface area contributed by atoms with E-state index in [4.69, 9.17) is 4.42 Å². The topological polar surface area (TPSA) is 50.8 Å². The predicted molar refractivity (Wildman–Crippen MR) is 90.8 cm³/mol. The fourth-order valence-electron chi connectivity index (χ4n) is 3.24. The van der Waals surface area contributed by atoms with E-state index in [1.54, 1.807) is 0 Å². The lowest BCUT2D eigenvalue weighted by atomic mass is 10.2. The van der Waals surface area contributed by atoms with Gasteiger partial charge >= 0.3 is 0 Å². The fourth-order valence-corrected chi connectivity index (χ4v) is 3.24. The van der Waals surface area contributed by atoms with Gasteiger partial charge in [-0.15, -0.1) is 0 Å². The summed E-state index contributed by atoms with van der Waals surface area (Å²) < 4.78 is 5.70. The predicted octanol–water partition coefficient (Wildman–Crippen LogP) is 1.37. The average molecular weight is 322 g/mol. The summed E-state index contributed by atoms with van der Waals surface area (Å²) in [6, 6.07) is 13.7. The third-order valence-electron chi connectivity index (χ3n) is 4.60. The summed E-state index contributed by atoms with van der Waals surface area (Å²) >= 11 is 0. The van der Waals surface area contributed by atoms with Gasteiger partial charge in [0.05, 0.1) is 26.2 Å². The highest BCUT2D eigenvalue weighted by atomic mass is 16.3. The second-order valence-electron chi connectivity index (χ2n) is 6.22. The summed E-state index contributed by atoms with van der Waals surface area (Å²) in [7, 11) is 0. The molecule has 1 N–H and O–H groups in total. The molecule has 0 aliphatic carbocycles. The van der Waals surface area contributed by atoms with Gasteiger partial charge in [0, 0.05) is 23.3 Å². The Kier molecular flexibility index (Phi) is 4.01. The summed E-state index contributed by atoms with van der Waals surface area (Å²) in [6.07, 6.45) is 3.66. The molecule has 1 fully saturated rings. The largest absolute Gasteiger partial charge is 0.451 e. The molecule has 5 heteroatoms. The number of furan rings is 1.